The predicted octanol–water partition coefficient (Wildman–Crippen LogP) is 2.26. The first-order valence-electron chi connectivity index (χ1n) is 5.23. The number of carbonyl (C=O) groups is 1. The minimum atomic E-state index is -0.311. The number of nitrogens with one attached hydrogen (secondary N) is 2. The predicted molar refractivity (Wildman–Crippen MR) is 60.1 cm³/mol. The molecule has 1 aromatic rings. The number of carbonyl (C=O) groups excluding carboxylic acids is 1. The maximum Gasteiger partial charge on any atom is 0.356 e. The number of aromatic amines is 1. The molecule has 0 aliphatic carbocycles. The van der Waals surface area contributed by atoms with Gasteiger partial charge in [-0.15, -0.1) is 0 Å². The Morgan fingerprint density at radius 1 is 1.60 bits per heavy atom. The van der Waals surface area contributed by atoms with Gasteiger partial charge in [-0.3, -0.25) is 0 Å². The van der Waals surface area contributed by atoms with E-state index in [1.807, 2.05) is 6.07 Å². The van der Waals surface area contributed by atoms with E-state index in [4.69, 9.17) is 4.74 Å². The van der Waals surface area contributed by atoms with Crippen LogP contribution >= 0.6 is 0 Å². The van der Waals surface area contributed by atoms with Crippen LogP contribution in [0, 0.1) is 5.92 Å². The van der Waals surface area contributed by atoms with Gasteiger partial charge in [-0.25, -0.2) is 4.79 Å². The van der Waals surface area contributed by atoms with Gasteiger partial charge in [-0.2, -0.15) is 0 Å². The first kappa shape index (κ1) is 11.6. The minimum absolute atomic E-state index is 0.311. The van der Waals surface area contributed by atoms with E-state index in [1.165, 1.54) is 0 Å². The standard InChI is InChI=1S/C11H18N2O2/c1-4-15-11(14)10-9(5-6-12-10)13-7-8(2)3/h5-6,8,12-13H,4,7H2,1-3H3. The van der Waals surface area contributed by atoms with Crippen LogP contribution in [0.25, 0.3) is 0 Å². The topological polar surface area (TPSA) is 54.1 Å². The maximum atomic E-state index is 11.5. The molecule has 0 unspecified atom stereocenters. The third kappa shape index (κ3) is 3.31. The summed E-state index contributed by atoms with van der Waals surface area (Å²) in [5.41, 5.74) is 1.31. The maximum absolute atomic E-state index is 11.5. The molecule has 1 rings (SSSR count). The summed E-state index contributed by atoms with van der Waals surface area (Å²) < 4.78 is 4.92. The van der Waals surface area contributed by atoms with E-state index in [0.717, 1.165) is 12.2 Å². The highest BCUT2D eigenvalue weighted by Gasteiger charge is 2.13. The van der Waals surface area contributed by atoms with Gasteiger partial charge in [0, 0.05) is 12.7 Å². The minimum Gasteiger partial charge on any atom is -0.461 e. The lowest BCUT2D eigenvalue weighted by Gasteiger charge is -2.09. The van der Waals surface area contributed by atoms with Gasteiger partial charge in [0.05, 0.1) is 12.3 Å². The van der Waals surface area contributed by atoms with E-state index in [9.17, 15) is 4.79 Å². The van der Waals surface area contributed by atoms with Crippen LogP contribution in [0.3, 0.4) is 0 Å². The zero-order valence-corrected chi connectivity index (χ0v) is 9.46. The third-order valence-corrected chi connectivity index (χ3v) is 1.93. The van der Waals surface area contributed by atoms with Crippen molar-refractivity contribution in [3.8, 4) is 0 Å². The van der Waals surface area contributed by atoms with Gasteiger partial charge < -0.3 is 15.0 Å². The number of ether oxygens (including phenoxy) is 1. The first-order chi connectivity index (χ1) is 7.15. The molecule has 0 fully saturated rings. The van der Waals surface area contributed by atoms with Crippen LogP contribution in [0.2, 0.25) is 0 Å². The summed E-state index contributed by atoms with van der Waals surface area (Å²) >= 11 is 0. The zero-order valence-electron chi connectivity index (χ0n) is 9.46. The molecule has 0 aliphatic heterocycles. The van der Waals surface area contributed by atoms with Crippen LogP contribution in [0.4, 0.5) is 5.69 Å². The van der Waals surface area contributed by atoms with Crippen LogP contribution < -0.4 is 5.32 Å². The Balaban J connectivity index is 2.64. The van der Waals surface area contributed by atoms with Crippen LogP contribution in [0.15, 0.2) is 12.3 Å². The Bertz CT molecular complexity index is 318. The van der Waals surface area contributed by atoms with E-state index in [1.54, 1.807) is 13.1 Å². The zero-order chi connectivity index (χ0) is 11.3. The molecule has 0 spiro atoms. The molecule has 4 nitrogen and oxygen atoms in total. The lowest BCUT2D eigenvalue weighted by molar-refractivity contribution is 0.0521. The van der Waals surface area contributed by atoms with E-state index in [0.29, 0.717) is 18.2 Å². The highest BCUT2D eigenvalue weighted by Crippen LogP contribution is 2.15. The van der Waals surface area contributed by atoms with Crippen molar-refractivity contribution in [2.45, 2.75) is 20.8 Å². The van der Waals surface area contributed by atoms with E-state index < -0.39 is 0 Å². The molecular weight excluding hydrogens is 192 g/mol. The summed E-state index contributed by atoms with van der Waals surface area (Å²) in [6.45, 7) is 7.25. The molecule has 1 heterocycles. The van der Waals surface area contributed by atoms with Crippen molar-refractivity contribution < 1.29 is 9.53 Å². The monoisotopic (exact) mass is 210 g/mol. The van der Waals surface area contributed by atoms with Gasteiger partial charge >= 0.3 is 5.97 Å². The van der Waals surface area contributed by atoms with Crippen molar-refractivity contribution in [1.82, 2.24) is 4.98 Å². The molecule has 0 radical (unpaired) electrons. The first-order valence-corrected chi connectivity index (χ1v) is 5.23. The second-order valence-electron chi connectivity index (χ2n) is 3.76. The van der Waals surface area contributed by atoms with Crippen LogP contribution in [0.1, 0.15) is 31.3 Å². The Labute approximate surface area is 90.0 Å². The number of rotatable bonds is 5. The summed E-state index contributed by atoms with van der Waals surface area (Å²) in [4.78, 5) is 14.4. The third-order valence-electron chi connectivity index (χ3n) is 1.93. The van der Waals surface area contributed by atoms with Gasteiger partial charge in [0.15, 0.2) is 0 Å². The second kappa shape index (κ2) is 5.44. The quantitative estimate of drug-likeness (QED) is 0.733. The number of esters is 1. The fourth-order valence-corrected chi connectivity index (χ4v) is 1.20. The normalized spacial score (nSPS) is 10.4. The Kier molecular flexibility index (Phi) is 4.21. The molecule has 0 amide bonds. The van der Waals surface area contributed by atoms with E-state index >= 15 is 0 Å². The molecule has 4 heteroatoms. The molecule has 0 saturated carbocycles. The second-order valence-corrected chi connectivity index (χ2v) is 3.76. The van der Waals surface area contributed by atoms with Gasteiger partial charge in [0.1, 0.15) is 5.69 Å². The molecule has 0 atom stereocenters. The molecule has 0 aromatic carbocycles. The summed E-state index contributed by atoms with van der Waals surface area (Å²) in [5, 5.41) is 3.20. The van der Waals surface area contributed by atoms with Crippen molar-refractivity contribution in [3.63, 3.8) is 0 Å². The molecule has 15 heavy (non-hydrogen) atoms. The fourth-order valence-electron chi connectivity index (χ4n) is 1.20. The molecule has 0 saturated heterocycles. The van der Waals surface area contributed by atoms with Crippen molar-refractivity contribution in [1.29, 1.82) is 0 Å². The van der Waals surface area contributed by atoms with Gasteiger partial charge in [0.2, 0.25) is 0 Å². The van der Waals surface area contributed by atoms with E-state index in [-0.39, 0.29) is 5.97 Å². The average molecular weight is 210 g/mol. The van der Waals surface area contributed by atoms with Crippen LogP contribution in [-0.2, 0) is 4.74 Å². The Morgan fingerprint density at radius 2 is 2.33 bits per heavy atom. The summed E-state index contributed by atoms with van der Waals surface area (Å²) in [6.07, 6.45) is 1.73. The largest absolute Gasteiger partial charge is 0.461 e. The highest BCUT2D eigenvalue weighted by atomic mass is 16.5. The Morgan fingerprint density at radius 3 is 2.93 bits per heavy atom. The van der Waals surface area contributed by atoms with Crippen molar-refractivity contribution in [2.24, 2.45) is 5.92 Å². The molecular formula is C11H18N2O2. The van der Waals surface area contributed by atoms with Gasteiger partial charge in [-0.1, -0.05) is 13.8 Å². The molecule has 0 bridgehead atoms. The number of hydrogen-bond acceptors (Lipinski definition) is 3. The van der Waals surface area contributed by atoms with Crippen LogP contribution in [0.5, 0.6) is 0 Å². The number of H-pyrrole nitrogens is 1. The molecule has 0 aliphatic rings. The number of anilines is 1. The average Bonchev–Trinajstić information content (AvgIpc) is 2.62. The SMILES string of the molecule is CCOC(=O)c1[nH]ccc1NCC(C)C. The van der Waals surface area contributed by atoms with Gasteiger partial charge in [0.25, 0.3) is 0 Å². The highest BCUT2D eigenvalue weighted by molar-refractivity contribution is 5.93. The fraction of sp³-hybridized carbons (Fsp3) is 0.545. The molecule has 84 valence electrons. The van der Waals surface area contributed by atoms with Crippen molar-refractivity contribution >= 4 is 11.7 Å². The summed E-state index contributed by atoms with van der Waals surface area (Å²) in [5.74, 6) is 0.226. The van der Waals surface area contributed by atoms with Crippen molar-refractivity contribution in [2.75, 3.05) is 18.5 Å². The summed E-state index contributed by atoms with van der Waals surface area (Å²) in [6, 6.07) is 1.84. The number of hydrogen-bond donors (Lipinski definition) is 2. The lowest BCUT2D eigenvalue weighted by Crippen LogP contribution is -2.12. The smallest absolute Gasteiger partial charge is 0.356 e. The Hall–Kier alpha value is -1.45. The molecule has 1 aromatic heterocycles. The number of aromatic nitrogens is 1. The lowest BCUT2D eigenvalue weighted by atomic mass is 10.2. The van der Waals surface area contributed by atoms with Gasteiger partial charge in [-0.05, 0) is 18.9 Å². The van der Waals surface area contributed by atoms with E-state index in [2.05, 4.69) is 24.1 Å². The van der Waals surface area contributed by atoms with Crippen molar-refractivity contribution in [3.05, 3.63) is 18.0 Å². The molecule has 2 N–H and O–H groups in total. The summed E-state index contributed by atoms with van der Waals surface area (Å²) in [7, 11) is 0. The van der Waals surface area contributed by atoms with Crippen LogP contribution in [-0.4, -0.2) is 24.1 Å².